The largest absolute Gasteiger partial charge is 0.456 e. The summed E-state index contributed by atoms with van der Waals surface area (Å²) in [5.41, 5.74) is 3.89. The zero-order chi connectivity index (χ0) is 13.9. The Hall–Kier alpha value is -2.31. The first-order chi connectivity index (χ1) is 9.80. The predicted octanol–water partition coefficient (Wildman–Crippen LogP) is 3.33. The van der Waals surface area contributed by atoms with Gasteiger partial charge in [-0.2, -0.15) is 5.26 Å². The fourth-order valence-electron chi connectivity index (χ4n) is 2.59. The highest BCUT2D eigenvalue weighted by molar-refractivity contribution is 5.48. The summed E-state index contributed by atoms with van der Waals surface area (Å²) in [6.45, 7) is -0.0756. The van der Waals surface area contributed by atoms with Gasteiger partial charge < -0.3 is 9.84 Å². The van der Waals surface area contributed by atoms with E-state index in [1.54, 1.807) is 18.2 Å². The number of aliphatic hydroxyl groups is 1. The fourth-order valence-corrected chi connectivity index (χ4v) is 2.59. The summed E-state index contributed by atoms with van der Waals surface area (Å²) in [7, 11) is 0. The lowest BCUT2D eigenvalue weighted by Gasteiger charge is -2.10. The van der Waals surface area contributed by atoms with Gasteiger partial charge in [-0.1, -0.05) is 12.1 Å². The van der Waals surface area contributed by atoms with Gasteiger partial charge in [0.05, 0.1) is 12.2 Å². The molecule has 0 fully saturated rings. The molecule has 1 N–H and O–H groups in total. The number of hydrogen-bond acceptors (Lipinski definition) is 3. The summed E-state index contributed by atoms with van der Waals surface area (Å²) >= 11 is 0. The Morgan fingerprint density at radius 3 is 2.75 bits per heavy atom. The van der Waals surface area contributed by atoms with Crippen LogP contribution < -0.4 is 4.74 Å². The van der Waals surface area contributed by atoms with Gasteiger partial charge in [0.25, 0.3) is 0 Å². The van der Waals surface area contributed by atoms with E-state index < -0.39 is 0 Å². The standard InChI is InChI=1S/C17H15NO2/c18-10-15-8-12(11-19)4-7-17(15)20-16-6-5-13-2-1-3-14(13)9-16/h4-9,19H,1-3,11H2. The monoisotopic (exact) mass is 265 g/mol. The number of aliphatic hydroxyl groups excluding tert-OH is 1. The maximum atomic E-state index is 9.16. The van der Waals surface area contributed by atoms with Gasteiger partial charge in [0.1, 0.15) is 17.6 Å². The molecule has 0 amide bonds. The second kappa shape index (κ2) is 5.36. The molecule has 100 valence electrons. The Balaban J connectivity index is 1.90. The van der Waals surface area contributed by atoms with Gasteiger partial charge in [-0.3, -0.25) is 0 Å². The number of rotatable bonds is 3. The number of hydrogen-bond donors (Lipinski definition) is 1. The Bertz CT molecular complexity index is 686. The molecule has 0 saturated heterocycles. The quantitative estimate of drug-likeness (QED) is 0.926. The predicted molar refractivity (Wildman–Crippen MR) is 75.6 cm³/mol. The van der Waals surface area contributed by atoms with Crippen molar-refractivity contribution in [3.63, 3.8) is 0 Å². The van der Waals surface area contributed by atoms with Crippen molar-refractivity contribution in [2.24, 2.45) is 0 Å². The summed E-state index contributed by atoms with van der Waals surface area (Å²) in [4.78, 5) is 0. The zero-order valence-corrected chi connectivity index (χ0v) is 11.1. The molecule has 3 heteroatoms. The third-order valence-corrected chi connectivity index (χ3v) is 3.64. The van der Waals surface area contributed by atoms with Crippen LogP contribution in [0.2, 0.25) is 0 Å². The molecule has 0 bridgehead atoms. The Kier molecular flexibility index (Phi) is 3.41. The highest BCUT2D eigenvalue weighted by atomic mass is 16.5. The SMILES string of the molecule is N#Cc1cc(CO)ccc1Oc1ccc2c(c1)CCC2. The van der Waals surface area contributed by atoms with Crippen LogP contribution in [0.4, 0.5) is 0 Å². The number of ether oxygens (including phenoxy) is 1. The van der Waals surface area contributed by atoms with Crippen LogP contribution in [0.1, 0.15) is 28.7 Å². The highest BCUT2D eigenvalue weighted by Gasteiger charge is 2.12. The summed E-state index contributed by atoms with van der Waals surface area (Å²) < 4.78 is 5.82. The van der Waals surface area contributed by atoms with E-state index in [0.29, 0.717) is 16.9 Å². The molecule has 2 aromatic rings. The molecule has 0 unspecified atom stereocenters. The van der Waals surface area contributed by atoms with Crippen LogP contribution in [0, 0.1) is 11.3 Å². The molecule has 0 radical (unpaired) electrons. The van der Waals surface area contributed by atoms with Gasteiger partial charge in [0.15, 0.2) is 0 Å². The molecule has 0 aromatic heterocycles. The number of aryl methyl sites for hydroxylation is 2. The van der Waals surface area contributed by atoms with E-state index in [1.165, 1.54) is 17.5 Å². The van der Waals surface area contributed by atoms with Crippen molar-refractivity contribution in [2.45, 2.75) is 25.9 Å². The van der Waals surface area contributed by atoms with Gasteiger partial charge in [-0.15, -0.1) is 0 Å². The summed E-state index contributed by atoms with van der Waals surface area (Å²) in [6.07, 6.45) is 3.44. The molecule has 0 atom stereocenters. The molecule has 3 rings (SSSR count). The average molecular weight is 265 g/mol. The molecular weight excluding hydrogens is 250 g/mol. The maximum Gasteiger partial charge on any atom is 0.145 e. The van der Waals surface area contributed by atoms with Crippen LogP contribution in [0.3, 0.4) is 0 Å². The van der Waals surface area contributed by atoms with E-state index in [4.69, 9.17) is 15.1 Å². The summed E-state index contributed by atoms with van der Waals surface area (Å²) in [5.74, 6) is 1.29. The van der Waals surface area contributed by atoms with E-state index in [0.717, 1.165) is 18.6 Å². The van der Waals surface area contributed by atoms with E-state index in [2.05, 4.69) is 18.2 Å². The van der Waals surface area contributed by atoms with Crippen LogP contribution in [0.15, 0.2) is 36.4 Å². The highest BCUT2D eigenvalue weighted by Crippen LogP contribution is 2.30. The Morgan fingerprint density at radius 2 is 1.95 bits per heavy atom. The van der Waals surface area contributed by atoms with E-state index in [-0.39, 0.29) is 6.61 Å². The first-order valence-electron chi connectivity index (χ1n) is 6.73. The Labute approximate surface area is 118 Å². The van der Waals surface area contributed by atoms with Crippen molar-refractivity contribution in [3.05, 3.63) is 58.7 Å². The van der Waals surface area contributed by atoms with E-state index >= 15 is 0 Å². The van der Waals surface area contributed by atoms with Crippen LogP contribution in [0.25, 0.3) is 0 Å². The lowest BCUT2D eigenvalue weighted by Crippen LogP contribution is -1.92. The van der Waals surface area contributed by atoms with Gasteiger partial charge in [-0.25, -0.2) is 0 Å². The number of nitrogens with zero attached hydrogens (tertiary/aromatic N) is 1. The molecule has 0 aliphatic heterocycles. The van der Waals surface area contributed by atoms with Crippen LogP contribution in [0.5, 0.6) is 11.5 Å². The topological polar surface area (TPSA) is 53.2 Å². The first-order valence-corrected chi connectivity index (χ1v) is 6.73. The molecule has 3 nitrogen and oxygen atoms in total. The second-order valence-electron chi connectivity index (χ2n) is 4.99. The van der Waals surface area contributed by atoms with Crippen molar-refractivity contribution >= 4 is 0 Å². The molecule has 2 aromatic carbocycles. The summed E-state index contributed by atoms with van der Waals surface area (Å²) in [6, 6.07) is 13.4. The van der Waals surface area contributed by atoms with Gasteiger partial charge in [0, 0.05) is 0 Å². The van der Waals surface area contributed by atoms with Crippen LogP contribution >= 0.6 is 0 Å². The van der Waals surface area contributed by atoms with Gasteiger partial charge in [0.2, 0.25) is 0 Å². The smallest absolute Gasteiger partial charge is 0.145 e. The second-order valence-corrected chi connectivity index (χ2v) is 4.99. The third kappa shape index (κ3) is 2.38. The summed E-state index contributed by atoms with van der Waals surface area (Å²) in [5, 5.41) is 18.3. The molecule has 0 heterocycles. The molecule has 0 saturated carbocycles. The van der Waals surface area contributed by atoms with Gasteiger partial charge in [-0.05, 0) is 60.2 Å². The number of fused-ring (bicyclic) bond motifs is 1. The van der Waals surface area contributed by atoms with Crippen LogP contribution in [-0.2, 0) is 19.4 Å². The molecule has 0 spiro atoms. The lowest BCUT2D eigenvalue weighted by atomic mass is 10.1. The molecule has 1 aliphatic rings. The first kappa shape index (κ1) is 12.7. The minimum Gasteiger partial charge on any atom is -0.456 e. The fraction of sp³-hybridized carbons (Fsp3) is 0.235. The van der Waals surface area contributed by atoms with Crippen LogP contribution in [-0.4, -0.2) is 5.11 Å². The van der Waals surface area contributed by atoms with E-state index in [9.17, 15) is 0 Å². The zero-order valence-electron chi connectivity index (χ0n) is 11.1. The molecular formula is C17H15NO2. The average Bonchev–Trinajstić information content (AvgIpc) is 2.95. The third-order valence-electron chi connectivity index (χ3n) is 3.64. The Morgan fingerprint density at radius 1 is 1.10 bits per heavy atom. The van der Waals surface area contributed by atoms with Gasteiger partial charge >= 0.3 is 0 Å². The molecule has 1 aliphatic carbocycles. The maximum absolute atomic E-state index is 9.16. The van der Waals surface area contributed by atoms with Crippen molar-refractivity contribution in [1.29, 1.82) is 5.26 Å². The van der Waals surface area contributed by atoms with Crippen molar-refractivity contribution in [3.8, 4) is 17.6 Å². The van der Waals surface area contributed by atoms with E-state index in [1.807, 2.05) is 6.07 Å². The minimum atomic E-state index is -0.0756. The van der Waals surface area contributed by atoms with Crippen molar-refractivity contribution < 1.29 is 9.84 Å². The number of nitriles is 1. The normalized spacial score (nSPS) is 12.8. The lowest BCUT2D eigenvalue weighted by molar-refractivity contribution is 0.281. The number of benzene rings is 2. The van der Waals surface area contributed by atoms with Crippen molar-refractivity contribution in [2.75, 3.05) is 0 Å². The molecule has 20 heavy (non-hydrogen) atoms. The minimum absolute atomic E-state index is 0.0756. The van der Waals surface area contributed by atoms with Crippen molar-refractivity contribution in [1.82, 2.24) is 0 Å².